The first kappa shape index (κ1) is 16.7. The van der Waals surface area contributed by atoms with Gasteiger partial charge in [-0.2, -0.15) is 0 Å². The highest BCUT2D eigenvalue weighted by Crippen LogP contribution is 2.28. The molecule has 0 spiro atoms. The summed E-state index contributed by atoms with van der Waals surface area (Å²) in [4.78, 5) is 9.87. The maximum atomic E-state index is 13.6. The van der Waals surface area contributed by atoms with Crippen LogP contribution in [0.5, 0.6) is 0 Å². The van der Waals surface area contributed by atoms with Gasteiger partial charge in [0, 0.05) is 45.2 Å². The molecular weight excluding hydrogens is 327 g/mol. The van der Waals surface area contributed by atoms with E-state index >= 15 is 0 Å². The number of benzene rings is 1. The summed E-state index contributed by atoms with van der Waals surface area (Å²) >= 11 is 0. The molecule has 1 atom stereocenters. The lowest BCUT2D eigenvalue weighted by atomic mass is 9.91. The van der Waals surface area contributed by atoms with E-state index in [1.807, 2.05) is 0 Å². The summed E-state index contributed by atoms with van der Waals surface area (Å²) < 4.78 is 16.1. The van der Waals surface area contributed by atoms with Gasteiger partial charge >= 0.3 is 0 Å². The maximum absolute atomic E-state index is 13.6. The highest BCUT2D eigenvalue weighted by molar-refractivity contribution is 5.77. The average Bonchev–Trinajstić information content (AvgIpc) is 2.80. The Hall–Kier alpha value is -1.46. The molecule has 140 valence electrons. The molecule has 1 aliphatic carbocycles. The molecule has 1 aromatic carbocycles. The summed E-state index contributed by atoms with van der Waals surface area (Å²) in [5.41, 5.74) is 3.64. The zero-order valence-corrected chi connectivity index (χ0v) is 15.5. The number of hydrogen-bond acceptors (Lipinski definition) is 3. The Morgan fingerprint density at radius 2 is 1.96 bits per heavy atom. The quantitative estimate of drug-likeness (QED) is 0.843. The van der Waals surface area contributed by atoms with Gasteiger partial charge in [-0.3, -0.25) is 9.80 Å². The van der Waals surface area contributed by atoms with Crippen molar-refractivity contribution in [3.63, 3.8) is 0 Å². The van der Waals surface area contributed by atoms with Gasteiger partial charge in [-0.05, 0) is 49.9 Å². The Bertz CT molecular complexity index is 782. The van der Waals surface area contributed by atoms with Crippen LogP contribution in [0.2, 0.25) is 0 Å². The molecule has 5 rings (SSSR count). The number of alkyl halides is 1. The van der Waals surface area contributed by atoms with Gasteiger partial charge in [-0.1, -0.05) is 12.5 Å². The van der Waals surface area contributed by atoms with Crippen LogP contribution in [0.4, 0.5) is 4.39 Å². The van der Waals surface area contributed by atoms with E-state index in [-0.39, 0.29) is 0 Å². The minimum absolute atomic E-state index is 0.578. The molecule has 2 fully saturated rings. The van der Waals surface area contributed by atoms with Crippen LogP contribution in [0.25, 0.3) is 11.0 Å². The second-order valence-corrected chi connectivity index (χ2v) is 8.35. The summed E-state index contributed by atoms with van der Waals surface area (Å²) in [7, 11) is 0. The number of fused-ring (bicyclic) bond motifs is 3. The predicted molar refractivity (Wildman–Crippen MR) is 102 cm³/mol. The maximum Gasteiger partial charge on any atom is 0.113 e. The molecular formula is C21H29FN4. The number of nitrogens with zero attached hydrogens (tertiary/aromatic N) is 4. The van der Waals surface area contributed by atoms with Gasteiger partial charge in [0.15, 0.2) is 0 Å². The molecule has 0 N–H and O–H groups in total. The Balaban J connectivity index is 1.33. The van der Waals surface area contributed by atoms with Crippen LogP contribution >= 0.6 is 0 Å². The van der Waals surface area contributed by atoms with Gasteiger partial charge in [0.2, 0.25) is 0 Å². The van der Waals surface area contributed by atoms with Crippen molar-refractivity contribution in [1.29, 1.82) is 0 Å². The van der Waals surface area contributed by atoms with Crippen LogP contribution in [-0.2, 0) is 19.5 Å². The fraction of sp³-hybridized carbons (Fsp3) is 0.667. The number of rotatable bonds is 3. The molecule has 3 aliphatic rings. The molecule has 2 aliphatic heterocycles. The van der Waals surface area contributed by atoms with Crippen molar-refractivity contribution in [3.8, 4) is 0 Å². The van der Waals surface area contributed by atoms with E-state index in [1.54, 1.807) is 0 Å². The van der Waals surface area contributed by atoms with Gasteiger partial charge in [-0.25, -0.2) is 9.37 Å². The van der Waals surface area contributed by atoms with Crippen molar-refractivity contribution in [1.82, 2.24) is 19.4 Å². The molecule has 3 heterocycles. The minimum Gasteiger partial charge on any atom is -0.327 e. The molecule has 0 radical (unpaired) electrons. The lowest BCUT2D eigenvalue weighted by Crippen LogP contribution is -2.41. The fourth-order valence-corrected chi connectivity index (χ4v) is 4.87. The Morgan fingerprint density at radius 3 is 2.77 bits per heavy atom. The summed E-state index contributed by atoms with van der Waals surface area (Å²) in [5.74, 6) is 1.24. The van der Waals surface area contributed by atoms with E-state index in [2.05, 4.69) is 32.6 Å². The largest absolute Gasteiger partial charge is 0.327 e. The molecule has 2 aromatic rings. The second kappa shape index (κ2) is 6.93. The van der Waals surface area contributed by atoms with Crippen molar-refractivity contribution in [2.24, 2.45) is 0 Å². The van der Waals surface area contributed by atoms with Gasteiger partial charge in [0.1, 0.15) is 12.0 Å². The van der Waals surface area contributed by atoms with Crippen molar-refractivity contribution >= 4 is 11.0 Å². The number of likely N-dealkylation sites (tertiary alicyclic amines) is 1. The fourth-order valence-electron chi connectivity index (χ4n) is 4.87. The summed E-state index contributed by atoms with van der Waals surface area (Å²) in [6.45, 7) is 5.78. The third-order valence-corrected chi connectivity index (χ3v) is 6.57. The Morgan fingerprint density at radius 1 is 1.04 bits per heavy atom. The van der Waals surface area contributed by atoms with Crippen LogP contribution in [-0.4, -0.2) is 57.7 Å². The third-order valence-electron chi connectivity index (χ3n) is 6.57. The molecule has 26 heavy (non-hydrogen) atoms. The lowest BCUT2D eigenvalue weighted by Gasteiger charge is -2.36. The van der Waals surface area contributed by atoms with E-state index < -0.39 is 6.17 Å². The number of piperidine rings is 1. The molecule has 1 aromatic heterocycles. The molecule has 1 saturated carbocycles. The van der Waals surface area contributed by atoms with Gasteiger partial charge in [0.25, 0.3) is 0 Å². The number of hydrogen-bond donors (Lipinski definition) is 0. The van der Waals surface area contributed by atoms with Crippen LogP contribution in [0.15, 0.2) is 18.2 Å². The lowest BCUT2D eigenvalue weighted by molar-refractivity contribution is 0.130. The van der Waals surface area contributed by atoms with E-state index in [4.69, 9.17) is 4.98 Å². The Kier molecular flexibility index (Phi) is 4.45. The number of imidazole rings is 1. The minimum atomic E-state index is -0.658. The monoisotopic (exact) mass is 356 g/mol. The second-order valence-electron chi connectivity index (χ2n) is 8.35. The first-order chi connectivity index (χ1) is 12.8. The molecule has 1 unspecified atom stereocenters. The average molecular weight is 356 g/mol. The van der Waals surface area contributed by atoms with Crippen LogP contribution in [0, 0.1) is 0 Å². The van der Waals surface area contributed by atoms with E-state index in [0.717, 1.165) is 63.5 Å². The third kappa shape index (κ3) is 3.16. The van der Waals surface area contributed by atoms with E-state index in [0.29, 0.717) is 6.54 Å². The van der Waals surface area contributed by atoms with Gasteiger partial charge < -0.3 is 4.57 Å². The Labute approximate surface area is 155 Å². The highest BCUT2D eigenvalue weighted by atomic mass is 19.1. The predicted octanol–water partition coefficient (Wildman–Crippen LogP) is 3.38. The number of halogens is 1. The normalized spacial score (nSPS) is 25.8. The zero-order chi connectivity index (χ0) is 17.5. The first-order valence-corrected chi connectivity index (χ1v) is 10.3. The zero-order valence-electron chi connectivity index (χ0n) is 15.5. The van der Waals surface area contributed by atoms with Crippen LogP contribution < -0.4 is 0 Å². The van der Waals surface area contributed by atoms with Crippen molar-refractivity contribution in [2.45, 2.75) is 63.8 Å². The molecule has 0 amide bonds. The van der Waals surface area contributed by atoms with Gasteiger partial charge in [-0.15, -0.1) is 0 Å². The molecule has 0 bridgehead atoms. The standard InChI is InChI=1S/C21H29FN4/c22-17-3-2-9-24(15-17)14-16-6-7-20-19(13-16)23-21-8-10-25(11-12-26(20)21)18-4-1-5-18/h6-7,13,17-18H,1-5,8-12,14-15H2. The summed E-state index contributed by atoms with van der Waals surface area (Å²) in [6.07, 6.45) is 6.25. The molecule has 4 nitrogen and oxygen atoms in total. The van der Waals surface area contributed by atoms with E-state index in [9.17, 15) is 4.39 Å². The van der Waals surface area contributed by atoms with Crippen LogP contribution in [0.1, 0.15) is 43.5 Å². The SMILES string of the molecule is FC1CCCN(Cc2ccc3c(c2)nc2n3CCN(C3CCC3)CC2)C1. The van der Waals surface area contributed by atoms with E-state index in [1.165, 1.54) is 36.2 Å². The summed E-state index contributed by atoms with van der Waals surface area (Å²) in [5, 5.41) is 0. The highest BCUT2D eigenvalue weighted by Gasteiger charge is 2.27. The number of aromatic nitrogens is 2. The topological polar surface area (TPSA) is 24.3 Å². The van der Waals surface area contributed by atoms with Gasteiger partial charge in [0.05, 0.1) is 11.0 Å². The first-order valence-electron chi connectivity index (χ1n) is 10.3. The van der Waals surface area contributed by atoms with Crippen molar-refractivity contribution in [3.05, 3.63) is 29.6 Å². The molecule has 1 saturated heterocycles. The van der Waals surface area contributed by atoms with Crippen molar-refractivity contribution in [2.75, 3.05) is 26.2 Å². The van der Waals surface area contributed by atoms with Crippen LogP contribution in [0.3, 0.4) is 0 Å². The molecule has 5 heteroatoms. The van der Waals surface area contributed by atoms with Crippen molar-refractivity contribution < 1.29 is 4.39 Å². The summed E-state index contributed by atoms with van der Waals surface area (Å²) in [6, 6.07) is 7.49. The smallest absolute Gasteiger partial charge is 0.113 e.